The van der Waals surface area contributed by atoms with Gasteiger partial charge in [-0.15, -0.1) is 11.3 Å². The second-order valence-electron chi connectivity index (χ2n) is 4.57. The minimum absolute atomic E-state index is 0.207. The molecule has 1 nitrogen and oxygen atoms in total. The first-order valence-electron chi connectivity index (χ1n) is 6.82. The van der Waals surface area contributed by atoms with Gasteiger partial charge in [0.15, 0.2) is 0 Å². The number of nitrogens with one attached hydrogen (secondary N) is 1. The van der Waals surface area contributed by atoms with E-state index in [1.54, 1.807) is 0 Å². The molecule has 0 aliphatic rings. The minimum atomic E-state index is 0.207. The van der Waals surface area contributed by atoms with Crippen molar-refractivity contribution < 1.29 is 0 Å². The monoisotopic (exact) mass is 293 g/mol. The highest BCUT2D eigenvalue weighted by molar-refractivity contribution is 7.12. The summed E-state index contributed by atoms with van der Waals surface area (Å²) < 4.78 is 0. The van der Waals surface area contributed by atoms with Crippen molar-refractivity contribution in [3.63, 3.8) is 0 Å². The zero-order valence-corrected chi connectivity index (χ0v) is 13.0. The molecule has 0 radical (unpaired) electrons. The lowest BCUT2D eigenvalue weighted by Crippen LogP contribution is -2.22. The number of aryl methyl sites for hydroxylation is 1. The van der Waals surface area contributed by atoms with Gasteiger partial charge in [-0.3, -0.25) is 0 Å². The van der Waals surface area contributed by atoms with Crippen LogP contribution < -0.4 is 5.32 Å². The average molecular weight is 294 g/mol. The third kappa shape index (κ3) is 3.59. The summed E-state index contributed by atoms with van der Waals surface area (Å²) in [7, 11) is 0. The Bertz CT molecular complexity index is 521. The Morgan fingerprint density at radius 1 is 1.16 bits per heavy atom. The summed E-state index contributed by atoms with van der Waals surface area (Å²) in [5.41, 5.74) is 1.17. The summed E-state index contributed by atoms with van der Waals surface area (Å²) in [6.45, 7) is 5.37. The first kappa shape index (κ1) is 14.6. The molecule has 0 saturated carbocycles. The Balaban J connectivity index is 2.32. The van der Waals surface area contributed by atoms with E-state index in [-0.39, 0.29) is 6.04 Å². The van der Waals surface area contributed by atoms with Crippen molar-refractivity contribution in [3.05, 3.63) is 56.7 Å². The van der Waals surface area contributed by atoms with Gasteiger partial charge in [0.1, 0.15) is 0 Å². The SMILES string of the molecule is CCCNC(c1ccc(CC)s1)c1ccccc1Cl. The second kappa shape index (κ2) is 7.09. The molecule has 1 aromatic heterocycles. The highest BCUT2D eigenvalue weighted by Gasteiger charge is 2.17. The standard InChI is InChI=1S/C16H20ClNS/c1-3-11-18-16(13-7-5-6-8-14(13)17)15-10-9-12(4-2)19-15/h5-10,16,18H,3-4,11H2,1-2H3. The van der Waals surface area contributed by atoms with Crippen LogP contribution in [-0.2, 0) is 6.42 Å². The van der Waals surface area contributed by atoms with Gasteiger partial charge in [0.2, 0.25) is 0 Å². The molecule has 0 spiro atoms. The maximum atomic E-state index is 6.35. The van der Waals surface area contributed by atoms with Gasteiger partial charge in [-0.1, -0.05) is 43.6 Å². The van der Waals surface area contributed by atoms with Crippen LogP contribution in [0.1, 0.15) is 41.6 Å². The molecular weight excluding hydrogens is 274 g/mol. The summed E-state index contributed by atoms with van der Waals surface area (Å²) in [5, 5.41) is 4.44. The molecule has 1 atom stereocenters. The molecule has 0 aliphatic heterocycles. The van der Waals surface area contributed by atoms with Crippen LogP contribution in [0.4, 0.5) is 0 Å². The van der Waals surface area contributed by atoms with Crippen LogP contribution in [0.3, 0.4) is 0 Å². The van der Waals surface area contributed by atoms with Crippen molar-refractivity contribution >= 4 is 22.9 Å². The van der Waals surface area contributed by atoms with Gasteiger partial charge in [0.25, 0.3) is 0 Å². The minimum Gasteiger partial charge on any atom is -0.306 e. The molecule has 0 aliphatic carbocycles. The highest BCUT2D eigenvalue weighted by atomic mass is 35.5. The predicted molar refractivity (Wildman–Crippen MR) is 85.3 cm³/mol. The van der Waals surface area contributed by atoms with E-state index in [2.05, 4.69) is 43.4 Å². The lowest BCUT2D eigenvalue weighted by Gasteiger charge is -2.19. The molecule has 1 heterocycles. The zero-order valence-electron chi connectivity index (χ0n) is 11.4. The normalized spacial score (nSPS) is 12.6. The van der Waals surface area contributed by atoms with E-state index in [1.165, 1.54) is 15.3 Å². The van der Waals surface area contributed by atoms with E-state index in [0.717, 1.165) is 24.4 Å². The van der Waals surface area contributed by atoms with E-state index in [4.69, 9.17) is 11.6 Å². The van der Waals surface area contributed by atoms with Crippen LogP contribution in [0, 0.1) is 0 Å². The molecule has 0 amide bonds. The number of thiophene rings is 1. The van der Waals surface area contributed by atoms with Gasteiger partial charge in [-0.05, 0) is 43.1 Å². The maximum Gasteiger partial charge on any atom is 0.0685 e. The quantitative estimate of drug-likeness (QED) is 0.785. The lowest BCUT2D eigenvalue weighted by molar-refractivity contribution is 0.606. The third-order valence-corrected chi connectivity index (χ3v) is 4.77. The molecule has 2 aromatic rings. The lowest BCUT2D eigenvalue weighted by atomic mass is 10.1. The number of hydrogen-bond acceptors (Lipinski definition) is 2. The van der Waals surface area contributed by atoms with Gasteiger partial charge in [-0.25, -0.2) is 0 Å². The van der Waals surface area contributed by atoms with E-state index >= 15 is 0 Å². The van der Waals surface area contributed by atoms with Gasteiger partial charge in [0.05, 0.1) is 6.04 Å². The molecule has 2 rings (SSSR count). The number of rotatable bonds is 6. The molecule has 102 valence electrons. The molecule has 3 heteroatoms. The summed E-state index contributed by atoms with van der Waals surface area (Å²) in [4.78, 5) is 2.77. The van der Waals surface area contributed by atoms with Crippen LogP contribution in [0.15, 0.2) is 36.4 Å². The second-order valence-corrected chi connectivity index (χ2v) is 6.17. The van der Waals surface area contributed by atoms with Crippen molar-refractivity contribution in [2.24, 2.45) is 0 Å². The van der Waals surface area contributed by atoms with E-state index in [9.17, 15) is 0 Å². The molecule has 0 bridgehead atoms. The Labute approximate surface area is 124 Å². The molecule has 1 aromatic carbocycles. The Morgan fingerprint density at radius 3 is 2.58 bits per heavy atom. The van der Waals surface area contributed by atoms with Gasteiger partial charge < -0.3 is 5.32 Å². The largest absolute Gasteiger partial charge is 0.306 e. The fourth-order valence-corrected chi connectivity index (χ4v) is 3.39. The van der Waals surface area contributed by atoms with Crippen LogP contribution >= 0.6 is 22.9 Å². The predicted octanol–water partition coefficient (Wildman–Crippen LogP) is 5.05. The summed E-state index contributed by atoms with van der Waals surface area (Å²) in [5.74, 6) is 0. The van der Waals surface area contributed by atoms with E-state index < -0.39 is 0 Å². The fraction of sp³-hybridized carbons (Fsp3) is 0.375. The van der Waals surface area contributed by atoms with Crippen molar-refractivity contribution in [3.8, 4) is 0 Å². The van der Waals surface area contributed by atoms with Crippen LogP contribution in [-0.4, -0.2) is 6.54 Å². The van der Waals surface area contributed by atoms with Crippen LogP contribution in [0.2, 0.25) is 5.02 Å². The van der Waals surface area contributed by atoms with Crippen molar-refractivity contribution in [1.29, 1.82) is 0 Å². The van der Waals surface area contributed by atoms with Crippen molar-refractivity contribution in [1.82, 2.24) is 5.32 Å². The summed E-state index contributed by atoms with van der Waals surface area (Å²) in [6, 6.07) is 12.8. The third-order valence-electron chi connectivity index (χ3n) is 3.13. The van der Waals surface area contributed by atoms with Crippen LogP contribution in [0.5, 0.6) is 0 Å². The van der Waals surface area contributed by atoms with Gasteiger partial charge in [0, 0.05) is 14.8 Å². The smallest absolute Gasteiger partial charge is 0.0685 e. The summed E-state index contributed by atoms with van der Waals surface area (Å²) in [6.07, 6.45) is 2.21. The molecule has 0 fully saturated rings. The highest BCUT2D eigenvalue weighted by Crippen LogP contribution is 2.32. The summed E-state index contributed by atoms with van der Waals surface area (Å²) >= 11 is 8.23. The van der Waals surface area contributed by atoms with Crippen molar-refractivity contribution in [2.75, 3.05) is 6.54 Å². The Kier molecular flexibility index (Phi) is 5.44. The van der Waals surface area contributed by atoms with Gasteiger partial charge >= 0.3 is 0 Å². The van der Waals surface area contributed by atoms with E-state index in [1.807, 2.05) is 23.5 Å². The Morgan fingerprint density at radius 2 is 1.95 bits per heavy atom. The maximum absolute atomic E-state index is 6.35. The number of benzene rings is 1. The molecular formula is C16H20ClNS. The number of hydrogen-bond donors (Lipinski definition) is 1. The topological polar surface area (TPSA) is 12.0 Å². The van der Waals surface area contributed by atoms with Crippen LogP contribution in [0.25, 0.3) is 0 Å². The molecule has 0 saturated heterocycles. The average Bonchev–Trinajstić information content (AvgIpc) is 2.90. The fourth-order valence-electron chi connectivity index (χ4n) is 2.10. The first-order valence-corrected chi connectivity index (χ1v) is 8.02. The molecule has 19 heavy (non-hydrogen) atoms. The number of halogens is 1. The van der Waals surface area contributed by atoms with E-state index in [0.29, 0.717) is 0 Å². The molecule has 1 N–H and O–H groups in total. The van der Waals surface area contributed by atoms with Gasteiger partial charge in [-0.2, -0.15) is 0 Å². The first-order chi connectivity index (χ1) is 9.26. The molecule has 1 unspecified atom stereocenters. The zero-order chi connectivity index (χ0) is 13.7. The Hall–Kier alpha value is -0.830. The van der Waals surface area contributed by atoms with Crippen molar-refractivity contribution in [2.45, 2.75) is 32.7 Å².